The number of aliphatic hydroxyl groups is 1. The molecule has 0 aliphatic heterocycles. The van der Waals surface area contributed by atoms with Crippen LogP contribution in [0.2, 0.25) is 0 Å². The van der Waals surface area contributed by atoms with Gasteiger partial charge in [0.15, 0.2) is 0 Å². The number of carbonyl (C=O) groups excluding carboxylic acids is 2. The fraction of sp³-hybridized carbons (Fsp3) is 0.429. The van der Waals surface area contributed by atoms with Crippen LogP contribution in [0, 0.1) is 5.82 Å². The van der Waals surface area contributed by atoms with Gasteiger partial charge < -0.3 is 15.7 Å². The van der Waals surface area contributed by atoms with E-state index in [1.165, 1.54) is 18.2 Å². The Morgan fingerprint density at radius 3 is 2.65 bits per heavy atom. The molecule has 110 valence electrons. The molecule has 0 aromatic heterocycles. The van der Waals surface area contributed by atoms with Gasteiger partial charge in [0, 0.05) is 5.56 Å². The van der Waals surface area contributed by atoms with Crippen LogP contribution in [0.25, 0.3) is 0 Å². The summed E-state index contributed by atoms with van der Waals surface area (Å²) in [6.45, 7) is 3.12. The molecule has 0 radical (unpaired) electrons. The molecular weight excluding hydrogens is 263 g/mol. The van der Waals surface area contributed by atoms with E-state index >= 15 is 0 Å². The lowest BCUT2D eigenvalue weighted by Crippen LogP contribution is -2.51. The summed E-state index contributed by atoms with van der Waals surface area (Å²) in [6.07, 6.45) is 0.563. The highest BCUT2D eigenvalue weighted by molar-refractivity contribution is 5.96. The molecular formula is C14H19FN2O3. The third kappa shape index (κ3) is 4.62. The Morgan fingerprint density at radius 2 is 2.10 bits per heavy atom. The first-order chi connectivity index (χ1) is 9.40. The Balaban J connectivity index is 2.51. The standard InChI is InChI=1S/C14H19FN2O3/c1-3-14(2,9-18)17-12(19)8-16-13(20)10-5-4-6-11(15)7-10/h4-7,18H,3,8-9H2,1-2H3,(H,16,20)(H,17,19). The molecule has 3 N–H and O–H groups in total. The SMILES string of the molecule is CCC(C)(CO)NC(=O)CNC(=O)c1cccc(F)c1. The van der Waals surface area contributed by atoms with E-state index in [9.17, 15) is 19.1 Å². The lowest BCUT2D eigenvalue weighted by atomic mass is 10.0. The number of amides is 2. The van der Waals surface area contributed by atoms with Gasteiger partial charge in [0.2, 0.25) is 5.91 Å². The minimum Gasteiger partial charge on any atom is -0.394 e. The quantitative estimate of drug-likeness (QED) is 0.723. The Bertz CT molecular complexity index is 487. The maximum absolute atomic E-state index is 13.0. The highest BCUT2D eigenvalue weighted by atomic mass is 19.1. The highest BCUT2D eigenvalue weighted by Crippen LogP contribution is 2.07. The number of aliphatic hydroxyl groups excluding tert-OH is 1. The first kappa shape index (κ1) is 16.1. The van der Waals surface area contributed by atoms with Crippen molar-refractivity contribution in [3.05, 3.63) is 35.6 Å². The van der Waals surface area contributed by atoms with E-state index in [-0.39, 0.29) is 18.7 Å². The third-order valence-corrected chi connectivity index (χ3v) is 3.07. The minimum atomic E-state index is -0.708. The van der Waals surface area contributed by atoms with Crippen LogP contribution in [0.5, 0.6) is 0 Å². The van der Waals surface area contributed by atoms with Crippen molar-refractivity contribution in [2.45, 2.75) is 25.8 Å². The lowest BCUT2D eigenvalue weighted by molar-refractivity contribution is -0.122. The predicted molar refractivity (Wildman–Crippen MR) is 72.7 cm³/mol. The van der Waals surface area contributed by atoms with Gasteiger partial charge in [-0.1, -0.05) is 13.0 Å². The van der Waals surface area contributed by atoms with Gasteiger partial charge in [0.1, 0.15) is 5.82 Å². The number of hydrogen-bond acceptors (Lipinski definition) is 3. The molecule has 1 aromatic rings. The van der Waals surface area contributed by atoms with Gasteiger partial charge in [0.05, 0.1) is 18.7 Å². The van der Waals surface area contributed by atoms with E-state index in [0.29, 0.717) is 6.42 Å². The smallest absolute Gasteiger partial charge is 0.251 e. The first-order valence-corrected chi connectivity index (χ1v) is 6.36. The lowest BCUT2D eigenvalue weighted by Gasteiger charge is -2.27. The predicted octanol–water partition coefficient (Wildman–Crippen LogP) is 0.833. The number of carbonyl (C=O) groups is 2. The van der Waals surface area contributed by atoms with Crippen molar-refractivity contribution in [3.63, 3.8) is 0 Å². The number of benzene rings is 1. The van der Waals surface area contributed by atoms with Crippen molar-refractivity contribution >= 4 is 11.8 Å². The van der Waals surface area contributed by atoms with Gasteiger partial charge in [-0.25, -0.2) is 4.39 Å². The summed E-state index contributed by atoms with van der Waals surface area (Å²) in [4.78, 5) is 23.4. The van der Waals surface area contributed by atoms with Crippen molar-refractivity contribution in [1.82, 2.24) is 10.6 Å². The normalized spacial score (nSPS) is 13.4. The molecule has 0 spiro atoms. The van der Waals surface area contributed by atoms with Crippen LogP contribution >= 0.6 is 0 Å². The van der Waals surface area contributed by atoms with E-state index < -0.39 is 23.2 Å². The maximum Gasteiger partial charge on any atom is 0.251 e. The van der Waals surface area contributed by atoms with Gasteiger partial charge in [-0.05, 0) is 31.5 Å². The topological polar surface area (TPSA) is 78.4 Å². The zero-order chi connectivity index (χ0) is 15.2. The van der Waals surface area contributed by atoms with Gasteiger partial charge in [-0.15, -0.1) is 0 Å². The summed E-state index contributed by atoms with van der Waals surface area (Å²) in [6, 6.07) is 5.21. The molecule has 1 atom stereocenters. The van der Waals surface area contributed by atoms with E-state index in [1.54, 1.807) is 6.92 Å². The number of hydrogen-bond donors (Lipinski definition) is 3. The molecule has 0 aliphatic rings. The zero-order valence-corrected chi connectivity index (χ0v) is 11.6. The molecule has 0 saturated heterocycles. The molecule has 6 heteroatoms. The summed E-state index contributed by atoms with van der Waals surface area (Å²) in [7, 11) is 0. The Kier molecular flexibility index (Phi) is 5.64. The summed E-state index contributed by atoms with van der Waals surface area (Å²) >= 11 is 0. The van der Waals surface area contributed by atoms with Gasteiger partial charge >= 0.3 is 0 Å². The summed E-state index contributed by atoms with van der Waals surface area (Å²) in [5.74, 6) is -1.45. The second-order valence-electron chi connectivity index (χ2n) is 4.81. The van der Waals surface area contributed by atoms with Crippen LogP contribution in [0.1, 0.15) is 30.6 Å². The van der Waals surface area contributed by atoms with Crippen molar-refractivity contribution < 1.29 is 19.1 Å². The Hall–Kier alpha value is -1.95. The van der Waals surface area contributed by atoms with Gasteiger partial charge in [0.25, 0.3) is 5.91 Å². The molecule has 20 heavy (non-hydrogen) atoms. The molecule has 1 rings (SSSR count). The fourth-order valence-corrected chi connectivity index (χ4v) is 1.51. The van der Waals surface area contributed by atoms with Gasteiger partial charge in [-0.3, -0.25) is 9.59 Å². The summed E-state index contributed by atoms with van der Waals surface area (Å²) in [5, 5.41) is 14.2. The monoisotopic (exact) mass is 282 g/mol. The van der Waals surface area contributed by atoms with Crippen LogP contribution in [0.15, 0.2) is 24.3 Å². The summed E-state index contributed by atoms with van der Waals surface area (Å²) in [5.41, 5.74) is -0.557. The molecule has 2 amide bonds. The van der Waals surface area contributed by atoms with Gasteiger partial charge in [-0.2, -0.15) is 0 Å². The largest absolute Gasteiger partial charge is 0.394 e. The second kappa shape index (κ2) is 7.00. The van der Waals surface area contributed by atoms with E-state index in [1.807, 2.05) is 6.92 Å². The van der Waals surface area contributed by atoms with Crippen molar-refractivity contribution in [3.8, 4) is 0 Å². The van der Waals surface area contributed by atoms with Crippen molar-refractivity contribution in [2.24, 2.45) is 0 Å². The Labute approximate surface area is 117 Å². The Morgan fingerprint density at radius 1 is 1.40 bits per heavy atom. The van der Waals surface area contributed by atoms with Crippen LogP contribution in [0.4, 0.5) is 4.39 Å². The number of nitrogens with one attached hydrogen (secondary N) is 2. The summed E-state index contributed by atoms with van der Waals surface area (Å²) < 4.78 is 13.0. The number of halogens is 1. The first-order valence-electron chi connectivity index (χ1n) is 6.36. The van der Waals surface area contributed by atoms with Crippen molar-refractivity contribution in [1.29, 1.82) is 0 Å². The van der Waals surface area contributed by atoms with Crippen LogP contribution < -0.4 is 10.6 Å². The molecule has 1 aromatic carbocycles. The van der Waals surface area contributed by atoms with E-state index in [0.717, 1.165) is 6.07 Å². The zero-order valence-electron chi connectivity index (χ0n) is 11.6. The second-order valence-corrected chi connectivity index (χ2v) is 4.81. The van der Waals surface area contributed by atoms with Crippen LogP contribution in [-0.4, -0.2) is 35.6 Å². The highest BCUT2D eigenvalue weighted by Gasteiger charge is 2.23. The van der Waals surface area contributed by atoms with Crippen molar-refractivity contribution in [2.75, 3.05) is 13.2 Å². The molecule has 0 saturated carbocycles. The average molecular weight is 282 g/mol. The average Bonchev–Trinajstić information content (AvgIpc) is 2.44. The van der Waals surface area contributed by atoms with Crippen LogP contribution in [0.3, 0.4) is 0 Å². The maximum atomic E-state index is 13.0. The van der Waals surface area contributed by atoms with E-state index in [4.69, 9.17) is 0 Å². The molecule has 0 fully saturated rings. The van der Waals surface area contributed by atoms with E-state index in [2.05, 4.69) is 10.6 Å². The minimum absolute atomic E-state index is 0.151. The third-order valence-electron chi connectivity index (χ3n) is 3.07. The molecule has 5 nitrogen and oxygen atoms in total. The molecule has 1 unspecified atom stereocenters. The van der Waals surface area contributed by atoms with Crippen LogP contribution in [-0.2, 0) is 4.79 Å². The molecule has 0 heterocycles. The molecule has 0 bridgehead atoms. The number of rotatable bonds is 6. The molecule has 0 aliphatic carbocycles. The fourth-order valence-electron chi connectivity index (χ4n) is 1.51.